The Hall–Kier alpha value is -1.89. The molecule has 1 aliphatic carbocycles. The Bertz CT molecular complexity index is 748. The molecule has 2 aromatic rings. The van der Waals surface area contributed by atoms with Crippen LogP contribution in [0.3, 0.4) is 0 Å². The molecule has 1 aromatic carbocycles. The third-order valence-corrected chi connectivity index (χ3v) is 5.76. The first-order valence-corrected chi connectivity index (χ1v) is 9.61. The molecule has 5 nitrogen and oxygen atoms in total. The number of carbonyl (C=O) groups excluding carboxylic acids is 1. The molecule has 1 amide bonds. The maximum atomic E-state index is 13.9. The number of carbonyl (C=O) groups is 1. The first-order valence-electron chi connectivity index (χ1n) is 8.62. The molecule has 0 spiro atoms. The van der Waals surface area contributed by atoms with Crippen molar-refractivity contribution in [2.45, 2.75) is 43.8 Å². The van der Waals surface area contributed by atoms with Crippen molar-refractivity contribution in [2.75, 3.05) is 5.75 Å². The van der Waals surface area contributed by atoms with Gasteiger partial charge in [-0.15, -0.1) is 10.2 Å². The smallest absolute Gasteiger partial charge is 0.230 e. The zero-order valence-corrected chi connectivity index (χ0v) is 15.4. The Labute approximate surface area is 151 Å². The van der Waals surface area contributed by atoms with Crippen molar-refractivity contribution in [3.63, 3.8) is 0 Å². The van der Waals surface area contributed by atoms with Gasteiger partial charge in [0.05, 0.1) is 11.3 Å². The average molecular weight is 362 g/mol. The second-order valence-electron chi connectivity index (χ2n) is 6.57. The van der Waals surface area contributed by atoms with Crippen molar-refractivity contribution >= 4 is 17.7 Å². The molecule has 134 valence electrons. The molecule has 1 aromatic heterocycles. The van der Waals surface area contributed by atoms with E-state index < -0.39 is 0 Å². The van der Waals surface area contributed by atoms with E-state index in [1.807, 2.05) is 0 Å². The van der Waals surface area contributed by atoms with E-state index in [0.29, 0.717) is 22.5 Å². The number of benzene rings is 1. The first-order chi connectivity index (χ1) is 12.1. The number of hydrogen-bond donors (Lipinski definition) is 1. The molecular weight excluding hydrogens is 339 g/mol. The van der Waals surface area contributed by atoms with Gasteiger partial charge < -0.3 is 9.88 Å². The van der Waals surface area contributed by atoms with Crippen molar-refractivity contribution < 1.29 is 9.18 Å². The van der Waals surface area contributed by atoms with Gasteiger partial charge in [-0.1, -0.05) is 43.7 Å². The van der Waals surface area contributed by atoms with E-state index in [1.54, 1.807) is 29.8 Å². The number of halogens is 1. The summed E-state index contributed by atoms with van der Waals surface area (Å²) in [7, 11) is 1.78. The van der Waals surface area contributed by atoms with E-state index in [0.717, 1.165) is 6.42 Å². The van der Waals surface area contributed by atoms with E-state index in [-0.39, 0.29) is 23.5 Å². The molecule has 1 aliphatic rings. The van der Waals surface area contributed by atoms with Crippen LogP contribution in [0.1, 0.15) is 32.6 Å². The van der Waals surface area contributed by atoms with Gasteiger partial charge >= 0.3 is 0 Å². The molecule has 1 heterocycles. The monoisotopic (exact) mass is 362 g/mol. The minimum absolute atomic E-state index is 0.0131. The average Bonchev–Trinajstić information content (AvgIpc) is 2.96. The van der Waals surface area contributed by atoms with Crippen molar-refractivity contribution in [1.29, 1.82) is 0 Å². The van der Waals surface area contributed by atoms with Crippen molar-refractivity contribution in [1.82, 2.24) is 20.1 Å². The fraction of sp³-hybridized carbons (Fsp3) is 0.500. The SMILES string of the molecule is CC1CCCCC1NC(=O)CSc1nnc(-c2ccccc2F)n1C. The van der Waals surface area contributed by atoms with Crippen LogP contribution in [0.15, 0.2) is 29.4 Å². The third-order valence-electron chi connectivity index (χ3n) is 4.74. The molecule has 0 saturated heterocycles. The molecule has 1 saturated carbocycles. The van der Waals surface area contributed by atoms with Crippen LogP contribution in [0.4, 0.5) is 4.39 Å². The lowest BCUT2D eigenvalue weighted by atomic mass is 9.86. The molecule has 7 heteroatoms. The normalized spacial score (nSPS) is 20.4. The number of hydrogen-bond acceptors (Lipinski definition) is 4. The molecule has 25 heavy (non-hydrogen) atoms. The van der Waals surface area contributed by atoms with Crippen LogP contribution in [-0.2, 0) is 11.8 Å². The van der Waals surface area contributed by atoms with E-state index >= 15 is 0 Å². The Balaban J connectivity index is 1.60. The first kappa shape index (κ1) is 17.9. The van der Waals surface area contributed by atoms with Crippen LogP contribution >= 0.6 is 11.8 Å². The van der Waals surface area contributed by atoms with Crippen molar-refractivity contribution in [2.24, 2.45) is 13.0 Å². The molecule has 2 unspecified atom stereocenters. The van der Waals surface area contributed by atoms with Gasteiger partial charge in [-0.05, 0) is 30.9 Å². The van der Waals surface area contributed by atoms with Crippen molar-refractivity contribution in [3.05, 3.63) is 30.1 Å². The summed E-state index contributed by atoms with van der Waals surface area (Å²) in [4.78, 5) is 12.2. The minimum Gasteiger partial charge on any atom is -0.352 e. The number of thioether (sulfide) groups is 1. The number of nitrogens with one attached hydrogen (secondary N) is 1. The number of aromatic nitrogens is 3. The predicted molar refractivity (Wildman–Crippen MR) is 96.7 cm³/mol. The highest BCUT2D eigenvalue weighted by atomic mass is 32.2. The standard InChI is InChI=1S/C18H23FN4OS/c1-12-7-3-6-10-15(12)20-16(24)11-25-18-22-21-17(23(18)2)13-8-4-5-9-14(13)19/h4-5,8-9,12,15H,3,6-7,10-11H2,1-2H3,(H,20,24). The molecule has 0 aliphatic heterocycles. The van der Waals surface area contributed by atoms with E-state index in [9.17, 15) is 9.18 Å². The zero-order valence-electron chi connectivity index (χ0n) is 14.5. The highest BCUT2D eigenvalue weighted by Crippen LogP contribution is 2.26. The molecule has 2 atom stereocenters. The number of amides is 1. The molecular formula is C18H23FN4OS. The second-order valence-corrected chi connectivity index (χ2v) is 7.51. The van der Waals surface area contributed by atoms with Gasteiger partial charge in [-0.25, -0.2) is 4.39 Å². The number of rotatable bonds is 5. The summed E-state index contributed by atoms with van der Waals surface area (Å²) in [6.07, 6.45) is 4.66. The van der Waals surface area contributed by atoms with E-state index in [1.165, 1.54) is 37.1 Å². The fourth-order valence-corrected chi connectivity index (χ4v) is 3.95. The molecule has 0 bridgehead atoms. The van der Waals surface area contributed by atoms with Crippen molar-refractivity contribution in [3.8, 4) is 11.4 Å². The van der Waals surface area contributed by atoms with Crippen LogP contribution in [0, 0.1) is 11.7 Å². The van der Waals surface area contributed by atoms with Gasteiger partial charge in [-0.2, -0.15) is 0 Å². The molecule has 3 rings (SSSR count). The maximum Gasteiger partial charge on any atom is 0.230 e. The number of nitrogens with zero attached hydrogens (tertiary/aromatic N) is 3. The van der Waals surface area contributed by atoms with Gasteiger partial charge in [0.1, 0.15) is 5.82 Å². The van der Waals surface area contributed by atoms with E-state index in [4.69, 9.17) is 0 Å². The predicted octanol–water partition coefficient (Wildman–Crippen LogP) is 3.41. The van der Waals surface area contributed by atoms with Gasteiger partial charge in [0.25, 0.3) is 0 Å². The zero-order chi connectivity index (χ0) is 17.8. The summed E-state index contributed by atoms with van der Waals surface area (Å²) >= 11 is 1.32. The highest BCUT2D eigenvalue weighted by molar-refractivity contribution is 7.99. The van der Waals surface area contributed by atoms with Crippen LogP contribution in [0.5, 0.6) is 0 Å². The topological polar surface area (TPSA) is 59.8 Å². The lowest BCUT2D eigenvalue weighted by Crippen LogP contribution is -2.41. The van der Waals surface area contributed by atoms with Gasteiger partial charge in [0.15, 0.2) is 11.0 Å². The second kappa shape index (κ2) is 7.99. The third kappa shape index (κ3) is 4.21. The summed E-state index contributed by atoms with van der Waals surface area (Å²) in [5.74, 6) is 0.955. The van der Waals surface area contributed by atoms with Gasteiger partial charge in [-0.3, -0.25) is 4.79 Å². The lowest BCUT2D eigenvalue weighted by molar-refractivity contribution is -0.119. The van der Waals surface area contributed by atoms with Gasteiger partial charge in [0.2, 0.25) is 5.91 Å². The summed E-state index contributed by atoms with van der Waals surface area (Å²) in [6, 6.07) is 6.75. The Morgan fingerprint density at radius 1 is 1.32 bits per heavy atom. The Morgan fingerprint density at radius 3 is 2.84 bits per heavy atom. The lowest BCUT2D eigenvalue weighted by Gasteiger charge is -2.29. The summed E-state index contributed by atoms with van der Waals surface area (Å²) in [5, 5.41) is 11.9. The van der Waals surface area contributed by atoms with Crippen LogP contribution in [0.2, 0.25) is 0 Å². The fourth-order valence-electron chi connectivity index (χ4n) is 3.23. The van der Waals surface area contributed by atoms with Crippen LogP contribution in [0.25, 0.3) is 11.4 Å². The minimum atomic E-state index is -0.335. The highest BCUT2D eigenvalue weighted by Gasteiger charge is 2.23. The summed E-state index contributed by atoms with van der Waals surface area (Å²) in [6.45, 7) is 2.20. The summed E-state index contributed by atoms with van der Waals surface area (Å²) in [5.41, 5.74) is 0.407. The Morgan fingerprint density at radius 2 is 2.08 bits per heavy atom. The van der Waals surface area contributed by atoms with E-state index in [2.05, 4.69) is 22.4 Å². The van der Waals surface area contributed by atoms with Crippen LogP contribution in [-0.4, -0.2) is 32.5 Å². The van der Waals surface area contributed by atoms with Crippen LogP contribution < -0.4 is 5.32 Å². The maximum absolute atomic E-state index is 13.9. The quantitative estimate of drug-likeness (QED) is 0.828. The van der Waals surface area contributed by atoms with Gasteiger partial charge in [0, 0.05) is 13.1 Å². The molecule has 1 fully saturated rings. The molecule has 1 N–H and O–H groups in total. The summed E-state index contributed by atoms with van der Waals surface area (Å²) < 4.78 is 15.6. The largest absolute Gasteiger partial charge is 0.352 e. The molecule has 0 radical (unpaired) electrons. The Kier molecular flexibility index (Phi) is 5.73.